The SMILES string of the molecule is CCOC(=O)[C@@H](NS)C(C)(C)Cc1ccccc1. The van der Waals surface area contributed by atoms with Crippen LogP contribution in [0.2, 0.25) is 0 Å². The highest BCUT2D eigenvalue weighted by molar-refractivity contribution is 7.78. The molecule has 0 spiro atoms. The van der Waals surface area contributed by atoms with Crippen LogP contribution in [-0.2, 0) is 16.0 Å². The van der Waals surface area contributed by atoms with Crippen molar-refractivity contribution in [3.05, 3.63) is 35.9 Å². The Bertz CT molecular complexity index is 379. The Balaban J connectivity index is 2.79. The molecule has 0 amide bonds. The van der Waals surface area contributed by atoms with Crippen molar-refractivity contribution < 1.29 is 9.53 Å². The highest BCUT2D eigenvalue weighted by Gasteiger charge is 2.35. The second kappa shape index (κ2) is 6.81. The Kier molecular flexibility index (Phi) is 5.69. The molecular formula is C14H21NO2S. The molecule has 1 aromatic rings. The van der Waals surface area contributed by atoms with Gasteiger partial charge in [-0.25, -0.2) is 0 Å². The molecule has 0 heterocycles. The lowest BCUT2D eigenvalue weighted by Crippen LogP contribution is -2.46. The van der Waals surface area contributed by atoms with E-state index in [1.54, 1.807) is 6.92 Å². The third kappa shape index (κ3) is 4.03. The maximum atomic E-state index is 11.9. The van der Waals surface area contributed by atoms with Gasteiger partial charge in [0.25, 0.3) is 0 Å². The fraction of sp³-hybridized carbons (Fsp3) is 0.500. The number of nitrogens with one attached hydrogen (secondary N) is 1. The van der Waals surface area contributed by atoms with Gasteiger partial charge < -0.3 is 4.74 Å². The van der Waals surface area contributed by atoms with Crippen LogP contribution in [-0.4, -0.2) is 18.6 Å². The van der Waals surface area contributed by atoms with E-state index in [-0.39, 0.29) is 11.4 Å². The molecule has 0 aliphatic carbocycles. The number of rotatable bonds is 6. The summed E-state index contributed by atoms with van der Waals surface area (Å²) in [6.45, 7) is 6.25. The molecule has 0 saturated carbocycles. The van der Waals surface area contributed by atoms with Crippen molar-refractivity contribution in [1.29, 1.82) is 0 Å². The Morgan fingerprint density at radius 2 is 2.00 bits per heavy atom. The molecule has 0 saturated heterocycles. The molecule has 1 N–H and O–H groups in total. The molecule has 0 aliphatic heterocycles. The van der Waals surface area contributed by atoms with Crippen LogP contribution in [0.25, 0.3) is 0 Å². The first-order chi connectivity index (χ1) is 8.51. The first kappa shape index (κ1) is 15.1. The van der Waals surface area contributed by atoms with E-state index in [1.165, 1.54) is 5.56 Å². The maximum Gasteiger partial charge on any atom is 0.324 e. The summed E-state index contributed by atoms with van der Waals surface area (Å²) in [6, 6.07) is 9.67. The van der Waals surface area contributed by atoms with Gasteiger partial charge in [0.15, 0.2) is 0 Å². The van der Waals surface area contributed by atoms with E-state index in [1.807, 2.05) is 32.0 Å². The average molecular weight is 267 g/mol. The molecule has 0 fully saturated rings. The van der Waals surface area contributed by atoms with Crippen LogP contribution in [0.15, 0.2) is 30.3 Å². The van der Waals surface area contributed by atoms with E-state index in [0.717, 1.165) is 6.42 Å². The Hall–Kier alpha value is -1.00. The van der Waals surface area contributed by atoms with Crippen LogP contribution in [0.3, 0.4) is 0 Å². The van der Waals surface area contributed by atoms with Gasteiger partial charge in [-0.3, -0.25) is 9.52 Å². The van der Waals surface area contributed by atoms with Crippen molar-refractivity contribution in [3.63, 3.8) is 0 Å². The Morgan fingerprint density at radius 1 is 1.39 bits per heavy atom. The van der Waals surface area contributed by atoms with Gasteiger partial charge >= 0.3 is 5.97 Å². The monoisotopic (exact) mass is 267 g/mol. The normalized spacial score (nSPS) is 13.1. The number of esters is 1. The maximum absolute atomic E-state index is 11.9. The quantitative estimate of drug-likeness (QED) is 0.614. The van der Waals surface area contributed by atoms with Gasteiger partial charge in [-0.15, -0.1) is 0 Å². The highest BCUT2D eigenvalue weighted by atomic mass is 32.1. The number of hydrogen-bond donors (Lipinski definition) is 2. The van der Waals surface area contributed by atoms with Crippen LogP contribution in [0.4, 0.5) is 0 Å². The number of benzene rings is 1. The Labute approximate surface area is 114 Å². The molecule has 1 atom stereocenters. The summed E-state index contributed by atoms with van der Waals surface area (Å²) < 4.78 is 7.84. The van der Waals surface area contributed by atoms with Gasteiger partial charge in [-0.05, 0) is 24.3 Å². The van der Waals surface area contributed by atoms with Crippen LogP contribution in [0.1, 0.15) is 26.3 Å². The van der Waals surface area contributed by atoms with Crippen molar-refractivity contribution in [2.45, 2.75) is 33.2 Å². The minimum absolute atomic E-state index is 0.256. The van der Waals surface area contributed by atoms with Crippen molar-refractivity contribution >= 4 is 18.8 Å². The molecule has 0 radical (unpaired) electrons. The number of carbonyl (C=O) groups excluding carboxylic acids is 1. The van der Waals surface area contributed by atoms with Gasteiger partial charge in [-0.2, -0.15) is 0 Å². The average Bonchev–Trinajstić information content (AvgIpc) is 2.30. The predicted molar refractivity (Wildman–Crippen MR) is 76.5 cm³/mol. The lowest BCUT2D eigenvalue weighted by atomic mass is 9.79. The lowest BCUT2D eigenvalue weighted by molar-refractivity contribution is -0.148. The van der Waals surface area contributed by atoms with Crippen molar-refractivity contribution in [3.8, 4) is 0 Å². The molecule has 3 nitrogen and oxygen atoms in total. The van der Waals surface area contributed by atoms with Crippen LogP contribution in [0.5, 0.6) is 0 Å². The van der Waals surface area contributed by atoms with Gasteiger partial charge in [0.1, 0.15) is 6.04 Å². The minimum atomic E-state index is -0.430. The molecule has 1 rings (SSSR count). The highest BCUT2D eigenvalue weighted by Crippen LogP contribution is 2.27. The fourth-order valence-corrected chi connectivity index (χ4v) is 2.45. The molecule has 18 heavy (non-hydrogen) atoms. The number of carbonyl (C=O) groups is 1. The second-order valence-corrected chi connectivity index (χ2v) is 5.22. The summed E-state index contributed by atoms with van der Waals surface area (Å²) in [6.07, 6.45) is 0.783. The van der Waals surface area contributed by atoms with Gasteiger partial charge in [0.05, 0.1) is 6.61 Å². The molecular weight excluding hydrogens is 246 g/mol. The number of thiol groups is 1. The summed E-state index contributed by atoms with van der Waals surface area (Å²) >= 11 is 4.06. The van der Waals surface area contributed by atoms with E-state index in [9.17, 15) is 4.79 Å². The zero-order valence-electron chi connectivity index (χ0n) is 11.1. The number of hydrogen-bond acceptors (Lipinski definition) is 4. The summed E-state index contributed by atoms with van der Waals surface area (Å²) in [7, 11) is 0. The lowest BCUT2D eigenvalue weighted by Gasteiger charge is -2.32. The van der Waals surface area contributed by atoms with Crippen LogP contribution >= 0.6 is 12.8 Å². The first-order valence-electron chi connectivity index (χ1n) is 6.11. The summed E-state index contributed by atoms with van der Waals surface area (Å²) in [5, 5.41) is 0. The van der Waals surface area contributed by atoms with E-state index < -0.39 is 6.04 Å². The summed E-state index contributed by atoms with van der Waals surface area (Å²) in [5.74, 6) is -0.256. The molecule has 1 aromatic carbocycles. The van der Waals surface area contributed by atoms with E-state index >= 15 is 0 Å². The van der Waals surface area contributed by atoms with Crippen LogP contribution < -0.4 is 4.72 Å². The van der Waals surface area contributed by atoms with Gasteiger partial charge in [-0.1, -0.05) is 57.0 Å². The third-order valence-electron chi connectivity index (χ3n) is 2.94. The van der Waals surface area contributed by atoms with E-state index in [2.05, 4.69) is 29.7 Å². The molecule has 0 bridgehead atoms. The zero-order valence-corrected chi connectivity index (χ0v) is 12.0. The zero-order chi connectivity index (χ0) is 13.6. The van der Waals surface area contributed by atoms with Crippen molar-refractivity contribution in [2.24, 2.45) is 5.41 Å². The van der Waals surface area contributed by atoms with Gasteiger partial charge in [0.2, 0.25) is 0 Å². The van der Waals surface area contributed by atoms with Gasteiger partial charge in [0, 0.05) is 0 Å². The summed E-state index contributed by atoms with van der Waals surface area (Å²) in [4.78, 5) is 11.9. The topological polar surface area (TPSA) is 38.3 Å². The molecule has 0 aromatic heterocycles. The fourth-order valence-electron chi connectivity index (χ4n) is 2.00. The molecule has 0 aliphatic rings. The largest absolute Gasteiger partial charge is 0.465 e. The molecule has 0 unspecified atom stereocenters. The van der Waals surface area contributed by atoms with E-state index in [0.29, 0.717) is 6.61 Å². The predicted octanol–water partition coefficient (Wildman–Crippen LogP) is 2.62. The first-order valence-corrected chi connectivity index (χ1v) is 6.56. The van der Waals surface area contributed by atoms with E-state index in [4.69, 9.17) is 4.74 Å². The Morgan fingerprint density at radius 3 is 2.50 bits per heavy atom. The minimum Gasteiger partial charge on any atom is -0.465 e. The smallest absolute Gasteiger partial charge is 0.324 e. The molecule has 4 heteroatoms. The summed E-state index contributed by atoms with van der Waals surface area (Å²) in [5.41, 5.74) is 0.926. The number of ether oxygens (including phenoxy) is 1. The van der Waals surface area contributed by atoms with Crippen LogP contribution in [0, 0.1) is 5.41 Å². The standard InChI is InChI=1S/C14H21NO2S/c1-4-17-13(16)12(15-18)14(2,3)10-11-8-6-5-7-9-11/h5-9,12,15,18H,4,10H2,1-3H3/t12-/m1/s1. The third-order valence-corrected chi connectivity index (χ3v) is 3.19. The second-order valence-electron chi connectivity index (χ2n) is 4.97. The van der Waals surface area contributed by atoms with Crippen molar-refractivity contribution in [1.82, 2.24) is 4.72 Å². The molecule has 100 valence electrons. The van der Waals surface area contributed by atoms with Crippen molar-refractivity contribution in [2.75, 3.05) is 6.61 Å².